The zero-order chi connectivity index (χ0) is 22.6. The molecule has 7 aromatic carbocycles. The highest BCUT2D eigenvalue weighted by Crippen LogP contribution is 2.40. The molecule has 0 heterocycles. The normalized spacial score (nSPS) is 11.7. The molecule has 0 atom stereocenters. The summed E-state index contributed by atoms with van der Waals surface area (Å²) in [6.45, 7) is 2.14. The molecule has 0 aliphatic carbocycles. The minimum absolute atomic E-state index is 1.28. The number of rotatable bonds is 2. The Hall–Kier alpha value is -4.10. The summed E-state index contributed by atoms with van der Waals surface area (Å²) in [7, 11) is 2.25. The molecule has 0 saturated heterocycles. The summed E-state index contributed by atoms with van der Waals surface area (Å²) in [6, 6.07) is 42.4. The fraction of sp³-hybridized carbons (Fsp3) is 0.0303. The zero-order valence-electron chi connectivity index (χ0n) is 19.0. The highest BCUT2D eigenvalue weighted by molar-refractivity contribution is 6.60. The van der Waals surface area contributed by atoms with Crippen molar-refractivity contribution in [1.82, 2.24) is 0 Å². The van der Waals surface area contributed by atoms with Crippen molar-refractivity contribution in [1.29, 1.82) is 0 Å². The largest absolute Gasteiger partial charge is 0.149 e. The van der Waals surface area contributed by atoms with E-state index in [1.807, 2.05) is 0 Å². The molecule has 0 spiro atoms. The van der Waals surface area contributed by atoms with E-state index in [0.29, 0.717) is 0 Å². The van der Waals surface area contributed by atoms with E-state index in [1.165, 1.54) is 70.5 Å². The Morgan fingerprint density at radius 2 is 1.00 bits per heavy atom. The molecule has 0 N–H and O–H groups in total. The quantitative estimate of drug-likeness (QED) is 0.147. The molecule has 0 fully saturated rings. The lowest BCUT2D eigenvalue weighted by molar-refractivity contribution is 1.73. The summed E-state index contributed by atoms with van der Waals surface area (Å²) in [5.41, 5.74) is 3.93. The van der Waals surface area contributed by atoms with Crippen molar-refractivity contribution in [2.45, 2.75) is 6.82 Å². The molecule has 0 nitrogen and oxygen atoms in total. The van der Waals surface area contributed by atoms with Crippen LogP contribution in [0.4, 0.5) is 0 Å². The molecule has 1 heteroatoms. The Labute approximate surface area is 199 Å². The van der Waals surface area contributed by atoms with E-state index in [-0.39, 0.29) is 0 Å². The monoisotopic (exact) mass is 429 g/mol. The van der Waals surface area contributed by atoms with Crippen LogP contribution in [-0.4, -0.2) is 7.28 Å². The number of hydrogen-bond donors (Lipinski definition) is 0. The van der Waals surface area contributed by atoms with Gasteiger partial charge in [0.25, 0.3) is 0 Å². The first-order valence-corrected chi connectivity index (χ1v) is 11.9. The highest BCUT2D eigenvalue weighted by Gasteiger charge is 2.16. The van der Waals surface area contributed by atoms with Gasteiger partial charge >= 0.3 is 0 Å². The summed E-state index contributed by atoms with van der Waals surface area (Å²) in [6.07, 6.45) is 0. The Kier molecular flexibility index (Phi) is 4.26. The fourth-order valence-corrected chi connectivity index (χ4v) is 5.76. The highest BCUT2D eigenvalue weighted by atomic mass is 14.2. The Morgan fingerprint density at radius 3 is 1.68 bits per heavy atom. The number of hydrogen-bond acceptors (Lipinski definition) is 0. The standard InChI is InChI=1S/C33H22B/c1-34-33-29-13-6-4-11-27(29)32(28-12-5-7-14-30(28)33)26-16-8-15-24-25(26)18-17-23-19-21-9-2-3-10-22(21)20-31(23)24/h2-20H,1H3. The summed E-state index contributed by atoms with van der Waals surface area (Å²) in [5, 5.41) is 13.0. The molecule has 7 aromatic rings. The second kappa shape index (κ2) is 7.47. The minimum Gasteiger partial charge on any atom is -0.0872 e. The first-order valence-electron chi connectivity index (χ1n) is 11.9. The van der Waals surface area contributed by atoms with Gasteiger partial charge in [0.2, 0.25) is 0 Å². The van der Waals surface area contributed by atoms with Gasteiger partial charge in [0.05, 0.1) is 0 Å². The summed E-state index contributed by atoms with van der Waals surface area (Å²) < 4.78 is 0. The molecule has 0 bridgehead atoms. The van der Waals surface area contributed by atoms with Gasteiger partial charge in [-0.2, -0.15) is 0 Å². The number of fused-ring (bicyclic) bond motifs is 6. The second-order valence-corrected chi connectivity index (χ2v) is 9.06. The van der Waals surface area contributed by atoms with Gasteiger partial charge in [-0.3, -0.25) is 0 Å². The van der Waals surface area contributed by atoms with Crippen molar-refractivity contribution in [2.24, 2.45) is 0 Å². The molecular formula is C33H22B. The molecule has 157 valence electrons. The molecule has 1 radical (unpaired) electrons. The first-order chi connectivity index (χ1) is 16.8. The smallest absolute Gasteiger partial charge is 0.0872 e. The van der Waals surface area contributed by atoms with Crippen LogP contribution in [0.2, 0.25) is 6.82 Å². The second-order valence-electron chi connectivity index (χ2n) is 9.06. The van der Waals surface area contributed by atoms with Crippen LogP contribution >= 0.6 is 0 Å². The predicted molar refractivity (Wildman–Crippen MR) is 151 cm³/mol. The van der Waals surface area contributed by atoms with Crippen LogP contribution in [-0.2, 0) is 0 Å². The maximum atomic E-state index is 2.35. The average molecular weight is 429 g/mol. The number of benzene rings is 7. The average Bonchev–Trinajstić information content (AvgIpc) is 2.90. The van der Waals surface area contributed by atoms with Crippen LogP contribution < -0.4 is 5.46 Å². The van der Waals surface area contributed by atoms with E-state index < -0.39 is 0 Å². The molecule has 34 heavy (non-hydrogen) atoms. The molecular weight excluding hydrogens is 407 g/mol. The first kappa shape index (κ1) is 19.4. The van der Waals surface area contributed by atoms with E-state index in [2.05, 4.69) is 129 Å². The van der Waals surface area contributed by atoms with Crippen LogP contribution in [0.1, 0.15) is 0 Å². The van der Waals surface area contributed by atoms with Gasteiger partial charge in [0, 0.05) is 0 Å². The van der Waals surface area contributed by atoms with E-state index in [9.17, 15) is 0 Å². The van der Waals surface area contributed by atoms with Crippen LogP contribution in [0.15, 0.2) is 115 Å². The van der Waals surface area contributed by atoms with Crippen molar-refractivity contribution >= 4 is 66.6 Å². The van der Waals surface area contributed by atoms with Crippen molar-refractivity contribution in [3.05, 3.63) is 115 Å². The third-order valence-electron chi connectivity index (χ3n) is 7.27. The molecule has 0 aliphatic heterocycles. The predicted octanol–water partition coefficient (Wildman–Crippen LogP) is 8.50. The van der Waals surface area contributed by atoms with Gasteiger partial charge in [-0.05, 0) is 77.1 Å². The van der Waals surface area contributed by atoms with Crippen molar-refractivity contribution in [3.8, 4) is 11.1 Å². The van der Waals surface area contributed by atoms with Gasteiger partial charge in [0.1, 0.15) is 7.28 Å². The van der Waals surface area contributed by atoms with Crippen molar-refractivity contribution in [2.75, 3.05) is 0 Å². The Balaban J connectivity index is 1.65. The van der Waals surface area contributed by atoms with Crippen molar-refractivity contribution in [3.63, 3.8) is 0 Å². The van der Waals surface area contributed by atoms with Crippen molar-refractivity contribution < 1.29 is 0 Å². The van der Waals surface area contributed by atoms with Gasteiger partial charge in [0.15, 0.2) is 0 Å². The molecule has 0 amide bonds. The SMILES string of the molecule is C[B]c1c2ccccc2c(-c2cccc3c2ccc2cc4ccccc4cc23)c2ccccc12. The zero-order valence-corrected chi connectivity index (χ0v) is 19.0. The molecule has 0 saturated carbocycles. The summed E-state index contributed by atoms with van der Waals surface area (Å²) >= 11 is 0. The summed E-state index contributed by atoms with van der Waals surface area (Å²) in [5.74, 6) is 0. The van der Waals surface area contributed by atoms with Gasteiger partial charge in [-0.15, -0.1) is 0 Å². The van der Waals surface area contributed by atoms with Crippen LogP contribution in [0.25, 0.3) is 65.0 Å². The Morgan fingerprint density at radius 1 is 0.412 bits per heavy atom. The van der Waals surface area contributed by atoms with Crippen LogP contribution in [0.3, 0.4) is 0 Å². The van der Waals surface area contributed by atoms with E-state index in [0.717, 1.165) is 0 Å². The van der Waals surface area contributed by atoms with Gasteiger partial charge in [-0.1, -0.05) is 115 Å². The van der Waals surface area contributed by atoms with E-state index in [1.54, 1.807) is 0 Å². The van der Waals surface area contributed by atoms with Crippen LogP contribution in [0, 0.1) is 0 Å². The lowest BCUT2D eigenvalue weighted by Gasteiger charge is -2.18. The lowest BCUT2D eigenvalue weighted by Crippen LogP contribution is -2.14. The maximum Gasteiger partial charge on any atom is 0.149 e. The molecule has 0 unspecified atom stereocenters. The lowest BCUT2D eigenvalue weighted by atomic mass is 9.67. The Bertz CT molecular complexity index is 1840. The van der Waals surface area contributed by atoms with E-state index in [4.69, 9.17) is 0 Å². The molecule has 7 rings (SSSR count). The molecule has 0 aliphatic rings. The third-order valence-corrected chi connectivity index (χ3v) is 7.27. The van der Waals surface area contributed by atoms with Gasteiger partial charge < -0.3 is 0 Å². The van der Waals surface area contributed by atoms with Crippen LogP contribution in [0.5, 0.6) is 0 Å². The maximum absolute atomic E-state index is 2.35. The summed E-state index contributed by atoms with van der Waals surface area (Å²) in [4.78, 5) is 0. The van der Waals surface area contributed by atoms with E-state index >= 15 is 0 Å². The molecule has 0 aromatic heterocycles. The third kappa shape index (κ3) is 2.74. The fourth-order valence-electron chi connectivity index (χ4n) is 5.76. The topological polar surface area (TPSA) is 0 Å². The van der Waals surface area contributed by atoms with Gasteiger partial charge in [-0.25, -0.2) is 0 Å². The minimum atomic E-state index is 1.28.